The monoisotopic (exact) mass is 426 g/mol. The van der Waals surface area contributed by atoms with E-state index in [4.69, 9.17) is 39.5 Å². The third-order valence-corrected chi connectivity index (χ3v) is 5.04. The number of carbonyl (C=O) groups excluding carboxylic acids is 1. The summed E-state index contributed by atoms with van der Waals surface area (Å²) in [6.45, 7) is 2.31. The molecule has 3 rings (SSSR count). The highest BCUT2D eigenvalue weighted by atomic mass is 35.5. The van der Waals surface area contributed by atoms with Gasteiger partial charge in [-0.2, -0.15) is 0 Å². The van der Waals surface area contributed by atoms with Crippen molar-refractivity contribution in [3.05, 3.63) is 61.9 Å². The summed E-state index contributed by atoms with van der Waals surface area (Å²) in [5.74, 6) is 0.204. The molecular formula is C18H13Cl3N2O2S. The van der Waals surface area contributed by atoms with Gasteiger partial charge in [0.15, 0.2) is 10.9 Å². The first-order valence-corrected chi connectivity index (χ1v) is 9.58. The van der Waals surface area contributed by atoms with Crippen LogP contribution in [-0.2, 0) is 4.79 Å². The summed E-state index contributed by atoms with van der Waals surface area (Å²) in [4.78, 5) is 17.1. The fraction of sp³-hybridized carbons (Fsp3) is 0.111. The van der Waals surface area contributed by atoms with Gasteiger partial charge in [0.2, 0.25) is 0 Å². The van der Waals surface area contributed by atoms with Crippen LogP contribution in [0.15, 0.2) is 46.3 Å². The van der Waals surface area contributed by atoms with E-state index < -0.39 is 0 Å². The molecular weight excluding hydrogens is 415 g/mol. The zero-order valence-corrected chi connectivity index (χ0v) is 16.6. The van der Waals surface area contributed by atoms with Crippen LogP contribution in [0.5, 0.6) is 5.75 Å². The molecule has 0 atom stereocenters. The number of amides is 1. The molecule has 0 bridgehead atoms. The van der Waals surface area contributed by atoms with Gasteiger partial charge in [0.1, 0.15) is 0 Å². The zero-order valence-electron chi connectivity index (χ0n) is 13.6. The first kappa shape index (κ1) is 19.1. The SMILES string of the molecule is CCOc1c(Cl)cc(C=C2SC(=Nc3ccc(Cl)cc3)NC2=O)cc1Cl. The lowest BCUT2D eigenvalue weighted by Gasteiger charge is -2.08. The molecule has 0 unspecified atom stereocenters. The average molecular weight is 428 g/mol. The van der Waals surface area contributed by atoms with E-state index in [1.54, 1.807) is 42.5 Å². The van der Waals surface area contributed by atoms with Crippen LogP contribution < -0.4 is 10.1 Å². The predicted octanol–water partition coefficient (Wildman–Crippen LogP) is 5.94. The van der Waals surface area contributed by atoms with E-state index in [0.29, 0.717) is 48.7 Å². The van der Waals surface area contributed by atoms with E-state index in [9.17, 15) is 4.79 Å². The minimum atomic E-state index is -0.233. The number of halogens is 3. The molecule has 0 radical (unpaired) electrons. The summed E-state index contributed by atoms with van der Waals surface area (Å²) in [6, 6.07) is 10.4. The van der Waals surface area contributed by atoms with Crippen LogP contribution in [-0.4, -0.2) is 17.7 Å². The van der Waals surface area contributed by atoms with Gasteiger partial charge in [-0.05, 0) is 66.7 Å². The minimum absolute atomic E-state index is 0.233. The number of rotatable bonds is 4. The van der Waals surface area contributed by atoms with Gasteiger partial charge in [0, 0.05) is 5.02 Å². The molecule has 1 aliphatic rings. The summed E-state index contributed by atoms with van der Waals surface area (Å²) >= 11 is 19.5. The Bertz CT molecular complexity index is 888. The fourth-order valence-corrected chi connectivity index (χ4v) is 3.79. The summed E-state index contributed by atoms with van der Waals surface area (Å²) < 4.78 is 5.41. The van der Waals surface area contributed by atoms with Crippen molar-refractivity contribution in [1.29, 1.82) is 0 Å². The van der Waals surface area contributed by atoms with Crippen molar-refractivity contribution in [2.24, 2.45) is 4.99 Å². The number of aliphatic imine (C=N–C) groups is 1. The minimum Gasteiger partial charge on any atom is -0.491 e. The molecule has 1 aliphatic heterocycles. The second-order valence-corrected chi connectivity index (χ2v) is 7.49. The lowest BCUT2D eigenvalue weighted by Crippen LogP contribution is -2.19. The number of ether oxygens (including phenoxy) is 1. The first-order chi connectivity index (χ1) is 12.5. The topological polar surface area (TPSA) is 50.7 Å². The Morgan fingerprint density at radius 3 is 2.42 bits per heavy atom. The molecule has 26 heavy (non-hydrogen) atoms. The molecule has 1 amide bonds. The van der Waals surface area contributed by atoms with E-state index in [-0.39, 0.29) is 5.91 Å². The van der Waals surface area contributed by atoms with Crippen molar-refractivity contribution in [2.75, 3.05) is 6.61 Å². The van der Waals surface area contributed by atoms with Gasteiger partial charge in [-0.1, -0.05) is 34.8 Å². The third-order valence-electron chi connectivity index (χ3n) is 3.32. The number of hydrogen-bond acceptors (Lipinski definition) is 4. The Labute approximate surface area is 170 Å². The van der Waals surface area contributed by atoms with Crippen LogP contribution in [0.2, 0.25) is 15.1 Å². The Hall–Kier alpha value is -1.66. The molecule has 134 valence electrons. The molecule has 4 nitrogen and oxygen atoms in total. The lowest BCUT2D eigenvalue weighted by molar-refractivity contribution is -0.115. The van der Waals surface area contributed by atoms with Crippen LogP contribution in [0, 0.1) is 0 Å². The lowest BCUT2D eigenvalue weighted by atomic mass is 10.2. The van der Waals surface area contributed by atoms with Gasteiger partial charge in [-0.25, -0.2) is 4.99 Å². The maximum absolute atomic E-state index is 12.2. The highest BCUT2D eigenvalue weighted by Crippen LogP contribution is 2.36. The van der Waals surface area contributed by atoms with Crippen molar-refractivity contribution in [1.82, 2.24) is 5.32 Å². The van der Waals surface area contributed by atoms with Gasteiger partial charge < -0.3 is 10.1 Å². The van der Waals surface area contributed by atoms with Crippen molar-refractivity contribution in [3.8, 4) is 5.75 Å². The molecule has 0 spiro atoms. The zero-order chi connectivity index (χ0) is 18.7. The van der Waals surface area contributed by atoms with Crippen LogP contribution in [0.25, 0.3) is 6.08 Å². The summed E-state index contributed by atoms with van der Waals surface area (Å²) in [5, 5.41) is 4.64. The standard InChI is InChI=1S/C18H13Cl3N2O2S/c1-2-25-16-13(20)7-10(8-14(16)21)9-15-17(24)23-18(26-15)22-12-5-3-11(19)4-6-12/h3-9H,2H2,1H3,(H,22,23,24). The highest BCUT2D eigenvalue weighted by Gasteiger charge is 2.24. The molecule has 1 N–H and O–H groups in total. The summed E-state index contributed by atoms with van der Waals surface area (Å²) in [6.07, 6.45) is 1.71. The van der Waals surface area contributed by atoms with Gasteiger partial charge >= 0.3 is 0 Å². The Morgan fingerprint density at radius 2 is 1.81 bits per heavy atom. The van der Waals surface area contributed by atoms with Gasteiger partial charge in [0.05, 0.1) is 27.2 Å². The molecule has 0 aliphatic carbocycles. The number of amidine groups is 1. The third kappa shape index (κ3) is 4.54. The van der Waals surface area contributed by atoms with Crippen LogP contribution >= 0.6 is 46.6 Å². The van der Waals surface area contributed by atoms with Crippen LogP contribution in [0.4, 0.5) is 5.69 Å². The number of thioether (sulfide) groups is 1. The number of nitrogens with one attached hydrogen (secondary N) is 1. The second kappa shape index (κ2) is 8.35. The summed E-state index contributed by atoms with van der Waals surface area (Å²) in [5.41, 5.74) is 1.40. The first-order valence-electron chi connectivity index (χ1n) is 7.63. The maximum atomic E-state index is 12.2. The summed E-state index contributed by atoms with van der Waals surface area (Å²) in [7, 11) is 0. The highest BCUT2D eigenvalue weighted by molar-refractivity contribution is 8.18. The van der Waals surface area contributed by atoms with Crippen molar-refractivity contribution in [2.45, 2.75) is 6.92 Å². The van der Waals surface area contributed by atoms with Crippen molar-refractivity contribution < 1.29 is 9.53 Å². The van der Waals surface area contributed by atoms with E-state index in [1.165, 1.54) is 11.8 Å². The quantitative estimate of drug-likeness (QED) is 0.615. The van der Waals surface area contributed by atoms with Crippen molar-refractivity contribution >= 4 is 69.4 Å². The Kier molecular flexibility index (Phi) is 6.14. The molecule has 0 saturated carbocycles. The largest absolute Gasteiger partial charge is 0.491 e. The number of hydrogen-bond donors (Lipinski definition) is 1. The normalized spacial score (nSPS) is 17.0. The molecule has 0 aromatic heterocycles. The molecule has 2 aromatic carbocycles. The average Bonchev–Trinajstić information content (AvgIpc) is 2.92. The van der Waals surface area contributed by atoms with Crippen LogP contribution in [0.1, 0.15) is 12.5 Å². The molecule has 1 fully saturated rings. The van der Waals surface area contributed by atoms with Gasteiger partial charge in [-0.15, -0.1) is 0 Å². The number of benzene rings is 2. The van der Waals surface area contributed by atoms with E-state index >= 15 is 0 Å². The Balaban J connectivity index is 1.84. The number of nitrogens with zero attached hydrogens (tertiary/aromatic N) is 1. The van der Waals surface area contributed by atoms with E-state index in [2.05, 4.69) is 10.3 Å². The Morgan fingerprint density at radius 1 is 1.15 bits per heavy atom. The van der Waals surface area contributed by atoms with E-state index in [1.807, 2.05) is 6.92 Å². The smallest absolute Gasteiger partial charge is 0.264 e. The predicted molar refractivity (Wildman–Crippen MR) is 110 cm³/mol. The second-order valence-electron chi connectivity index (χ2n) is 5.20. The maximum Gasteiger partial charge on any atom is 0.264 e. The fourth-order valence-electron chi connectivity index (χ4n) is 2.21. The van der Waals surface area contributed by atoms with Crippen LogP contribution in [0.3, 0.4) is 0 Å². The van der Waals surface area contributed by atoms with Crippen molar-refractivity contribution in [3.63, 3.8) is 0 Å². The molecule has 1 heterocycles. The van der Waals surface area contributed by atoms with Gasteiger partial charge in [-0.3, -0.25) is 4.79 Å². The van der Waals surface area contributed by atoms with E-state index in [0.717, 1.165) is 0 Å². The van der Waals surface area contributed by atoms with Gasteiger partial charge in [0.25, 0.3) is 5.91 Å². The molecule has 2 aromatic rings. The molecule has 8 heteroatoms. The number of carbonyl (C=O) groups is 1. The molecule has 1 saturated heterocycles.